The molecule has 106 valence electrons. The Morgan fingerprint density at radius 1 is 1.58 bits per heavy atom. The molecule has 1 aliphatic rings. The molecule has 1 fully saturated rings. The van der Waals surface area contributed by atoms with Gasteiger partial charge < -0.3 is 15.5 Å². The third-order valence-corrected chi connectivity index (χ3v) is 3.98. The standard InChI is InChI=1S/C12H18BrN3O3/c13-10-5-15-16(6-8-2-1-3-8)12(19)11(10)14-4-9(18)7-17/h5,8-9,14,17-18H,1-4,6-7H2. The molecule has 1 atom stereocenters. The molecule has 0 amide bonds. The zero-order valence-corrected chi connectivity index (χ0v) is 12.1. The summed E-state index contributed by atoms with van der Waals surface area (Å²) in [5, 5.41) is 25.0. The maximum Gasteiger partial charge on any atom is 0.291 e. The molecule has 0 spiro atoms. The van der Waals surface area contributed by atoms with E-state index in [-0.39, 0.29) is 18.7 Å². The van der Waals surface area contributed by atoms with Crippen molar-refractivity contribution in [3.05, 3.63) is 21.0 Å². The molecule has 0 bridgehead atoms. The number of halogens is 1. The molecule has 0 aliphatic heterocycles. The molecule has 2 rings (SSSR count). The van der Waals surface area contributed by atoms with Crippen LogP contribution in [0.15, 0.2) is 15.5 Å². The Kier molecular flexibility index (Phi) is 4.95. The lowest BCUT2D eigenvalue weighted by atomic mass is 9.85. The van der Waals surface area contributed by atoms with E-state index in [0.29, 0.717) is 22.6 Å². The molecule has 3 N–H and O–H groups in total. The molecule has 1 aromatic heterocycles. The fraction of sp³-hybridized carbons (Fsp3) is 0.667. The van der Waals surface area contributed by atoms with Crippen LogP contribution in [0.3, 0.4) is 0 Å². The van der Waals surface area contributed by atoms with E-state index in [2.05, 4.69) is 26.3 Å². The van der Waals surface area contributed by atoms with E-state index in [1.165, 1.54) is 11.1 Å². The first kappa shape index (κ1) is 14.5. The average molecular weight is 332 g/mol. The van der Waals surface area contributed by atoms with Crippen LogP contribution >= 0.6 is 15.9 Å². The van der Waals surface area contributed by atoms with Crippen molar-refractivity contribution in [2.24, 2.45) is 5.92 Å². The van der Waals surface area contributed by atoms with Gasteiger partial charge in [0.25, 0.3) is 5.56 Å². The predicted octanol–water partition coefficient (Wildman–Crippen LogP) is 0.571. The lowest BCUT2D eigenvalue weighted by molar-refractivity contribution is 0.105. The van der Waals surface area contributed by atoms with Crippen LogP contribution in [0, 0.1) is 5.92 Å². The summed E-state index contributed by atoms with van der Waals surface area (Å²) >= 11 is 3.27. The first-order valence-corrected chi connectivity index (χ1v) is 7.19. The van der Waals surface area contributed by atoms with Gasteiger partial charge in [0.15, 0.2) is 0 Å². The van der Waals surface area contributed by atoms with Crippen LogP contribution in [-0.4, -0.2) is 39.2 Å². The smallest absolute Gasteiger partial charge is 0.291 e. The average Bonchev–Trinajstić information content (AvgIpc) is 2.35. The SMILES string of the molecule is O=c1c(NCC(O)CO)c(Br)cnn1CC1CCC1. The van der Waals surface area contributed by atoms with Gasteiger partial charge in [0, 0.05) is 13.1 Å². The van der Waals surface area contributed by atoms with Crippen molar-refractivity contribution in [3.8, 4) is 0 Å². The van der Waals surface area contributed by atoms with Crippen LogP contribution in [-0.2, 0) is 6.54 Å². The van der Waals surface area contributed by atoms with E-state index in [9.17, 15) is 9.90 Å². The second kappa shape index (κ2) is 6.49. The van der Waals surface area contributed by atoms with Crippen LogP contribution in [0.2, 0.25) is 0 Å². The highest BCUT2D eigenvalue weighted by Crippen LogP contribution is 2.27. The molecule has 0 aromatic carbocycles. The fourth-order valence-electron chi connectivity index (χ4n) is 1.96. The van der Waals surface area contributed by atoms with Gasteiger partial charge in [0.1, 0.15) is 5.69 Å². The Bertz CT molecular complexity index is 488. The summed E-state index contributed by atoms with van der Waals surface area (Å²) in [6.07, 6.45) is 4.21. The summed E-state index contributed by atoms with van der Waals surface area (Å²) in [7, 11) is 0. The first-order valence-electron chi connectivity index (χ1n) is 6.40. The number of nitrogens with one attached hydrogen (secondary N) is 1. The topological polar surface area (TPSA) is 87.4 Å². The first-order chi connectivity index (χ1) is 9.11. The molecule has 7 heteroatoms. The Morgan fingerprint density at radius 3 is 2.89 bits per heavy atom. The highest BCUT2D eigenvalue weighted by atomic mass is 79.9. The highest BCUT2D eigenvalue weighted by Gasteiger charge is 2.20. The minimum absolute atomic E-state index is 0.123. The molecular weight excluding hydrogens is 314 g/mol. The Labute approximate surface area is 119 Å². The van der Waals surface area contributed by atoms with Gasteiger partial charge in [0.2, 0.25) is 0 Å². The lowest BCUT2D eigenvalue weighted by Crippen LogP contribution is -2.32. The van der Waals surface area contributed by atoms with E-state index < -0.39 is 6.10 Å². The third kappa shape index (κ3) is 3.55. The van der Waals surface area contributed by atoms with E-state index in [4.69, 9.17) is 5.11 Å². The molecule has 1 heterocycles. The largest absolute Gasteiger partial charge is 0.394 e. The number of hydrogen-bond donors (Lipinski definition) is 3. The Morgan fingerprint density at radius 2 is 2.32 bits per heavy atom. The molecule has 1 unspecified atom stereocenters. The van der Waals surface area contributed by atoms with Gasteiger partial charge in [-0.05, 0) is 34.7 Å². The van der Waals surface area contributed by atoms with E-state index >= 15 is 0 Å². The van der Waals surface area contributed by atoms with Crippen LogP contribution < -0.4 is 10.9 Å². The van der Waals surface area contributed by atoms with Crippen LogP contribution in [0.5, 0.6) is 0 Å². The van der Waals surface area contributed by atoms with Crippen molar-refractivity contribution in [1.29, 1.82) is 0 Å². The van der Waals surface area contributed by atoms with Crippen molar-refractivity contribution in [2.75, 3.05) is 18.5 Å². The zero-order chi connectivity index (χ0) is 13.8. The van der Waals surface area contributed by atoms with Crippen molar-refractivity contribution >= 4 is 21.6 Å². The lowest BCUT2D eigenvalue weighted by Gasteiger charge is -2.25. The predicted molar refractivity (Wildman–Crippen MR) is 75.1 cm³/mol. The molecule has 1 aromatic rings. The van der Waals surface area contributed by atoms with Gasteiger partial charge in [-0.15, -0.1) is 0 Å². The van der Waals surface area contributed by atoms with Crippen molar-refractivity contribution in [1.82, 2.24) is 9.78 Å². The zero-order valence-electron chi connectivity index (χ0n) is 10.5. The second-order valence-corrected chi connectivity index (χ2v) is 5.72. The Balaban J connectivity index is 2.11. The van der Waals surface area contributed by atoms with Gasteiger partial charge in [-0.1, -0.05) is 6.42 Å². The van der Waals surface area contributed by atoms with E-state index in [0.717, 1.165) is 12.8 Å². The maximum atomic E-state index is 12.2. The number of rotatable bonds is 6. The second-order valence-electron chi connectivity index (χ2n) is 4.87. The van der Waals surface area contributed by atoms with E-state index in [1.807, 2.05) is 0 Å². The number of aliphatic hydroxyl groups is 2. The number of aliphatic hydroxyl groups excluding tert-OH is 2. The summed E-state index contributed by atoms with van der Waals surface area (Å²) < 4.78 is 2.02. The maximum absolute atomic E-state index is 12.2. The number of hydrogen-bond acceptors (Lipinski definition) is 5. The van der Waals surface area contributed by atoms with Gasteiger partial charge in [-0.3, -0.25) is 4.79 Å². The van der Waals surface area contributed by atoms with Crippen molar-refractivity contribution in [2.45, 2.75) is 31.9 Å². The van der Waals surface area contributed by atoms with Crippen LogP contribution in [0.4, 0.5) is 5.69 Å². The quantitative estimate of drug-likeness (QED) is 0.709. The molecule has 1 aliphatic carbocycles. The third-order valence-electron chi connectivity index (χ3n) is 3.38. The number of aromatic nitrogens is 2. The fourth-order valence-corrected chi connectivity index (χ4v) is 2.36. The van der Waals surface area contributed by atoms with E-state index in [1.54, 1.807) is 6.20 Å². The number of anilines is 1. The van der Waals surface area contributed by atoms with Crippen molar-refractivity contribution in [3.63, 3.8) is 0 Å². The molecule has 19 heavy (non-hydrogen) atoms. The minimum atomic E-state index is -0.889. The highest BCUT2D eigenvalue weighted by molar-refractivity contribution is 9.10. The normalized spacial score (nSPS) is 17.0. The van der Waals surface area contributed by atoms with Crippen LogP contribution in [0.1, 0.15) is 19.3 Å². The number of nitrogens with zero attached hydrogens (tertiary/aromatic N) is 2. The van der Waals surface area contributed by atoms with Crippen molar-refractivity contribution < 1.29 is 10.2 Å². The summed E-state index contributed by atoms with van der Waals surface area (Å²) in [5.74, 6) is 0.544. The summed E-state index contributed by atoms with van der Waals surface area (Å²) in [4.78, 5) is 12.2. The van der Waals surface area contributed by atoms with Gasteiger partial charge in [-0.25, -0.2) is 4.68 Å². The minimum Gasteiger partial charge on any atom is -0.394 e. The molecule has 0 radical (unpaired) electrons. The molecular formula is C12H18BrN3O3. The monoisotopic (exact) mass is 331 g/mol. The van der Waals surface area contributed by atoms with Gasteiger partial charge >= 0.3 is 0 Å². The summed E-state index contributed by atoms with van der Waals surface area (Å²) in [5.41, 5.74) is 0.174. The van der Waals surface area contributed by atoms with Gasteiger partial charge in [0.05, 0.1) is 23.4 Å². The summed E-state index contributed by atoms with van der Waals surface area (Å²) in [6.45, 7) is 0.424. The summed E-state index contributed by atoms with van der Waals surface area (Å²) in [6, 6.07) is 0. The van der Waals surface area contributed by atoms with Crippen LogP contribution in [0.25, 0.3) is 0 Å². The molecule has 1 saturated carbocycles. The molecule has 0 saturated heterocycles. The molecule has 6 nitrogen and oxygen atoms in total. The van der Waals surface area contributed by atoms with Gasteiger partial charge in [-0.2, -0.15) is 5.10 Å². The Hall–Kier alpha value is -0.920.